The van der Waals surface area contributed by atoms with E-state index in [1.165, 1.54) is 6.07 Å². The van der Waals surface area contributed by atoms with E-state index >= 15 is 0 Å². The summed E-state index contributed by atoms with van der Waals surface area (Å²) in [7, 11) is 0. The minimum atomic E-state index is -1.15. The van der Waals surface area contributed by atoms with Gasteiger partial charge in [-0.3, -0.25) is 4.98 Å². The molecular weight excluding hydrogens is 329 g/mol. The molecule has 1 N–H and O–H groups in total. The number of carboxylic acids is 1. The molecule has 0 aliphatic heterocycles. The molecular formula is C19H15ClFNO2. The van der Waals surface area contributed by atoms with E-state index in [1.54, 1.807) is 36.4 Å². The van der Waals surface area contributed by atoms with Crippen molar-refractivity contribution in [2.24, 2.45) is 0 Å². The Morgan fingerprint density at radius 2 is 1.88 bits per heavy atom. The molecule has 0 unspecified atom stereocenters. The first-order valence-corrected chi connectivity index (χ1v) is 7.90. The molecule has 5 heteroatoms. The molecule has 2 aromatic carbocycles. The minimum Gasteiger partial charge on any atom is -0.478 e. The molecule has 3 aromatic rings. The monoisotopic (exact) mass is 343 g/mol. The van der Waals surface area contributed by atoms with Gasteiger partial charge in [-0.1, -0.05) is 49.7 Å². The molecule has 3 rings (SSSR count). The van der Waals surface area contributed by atoms with E-state index < -0.39 is 11.8 Å². The molecule has 0 amide bonds. The zero-order chi connectivity index (χ0) is 17.4. The van der Waals surface area contributed by atoms with E-state index in [9.17, 15) is 14.3 Å². The standard InChI is InChI=1S/C19H15ClFNO2/c1-10(2)18-17(19(23)24)15(11-6-3-4-8-13(11)21)16-12(20)7-5-9-14(16)22-18/h3-10H,1-2H3,(H,23,24). The van der Waals surface area contributed by atoms with Crippen LogP contribution in [0.3, 0.4) is 0 Å². The van der Waals surface area contributed by atoms with Gasteiger partial charge in [0.1, 0.15) is 5.82 Å². The van der Waals surface area contributed by atoms with Crippen LogP contribution in [0.2, 0.25) is 5.02 Å². The highest BCUT2D eigenvalue weighted by Gasteiger charge is 2.25. The molecule has 0 atom stereocenters. The lowest BCUT2D eigenvalue weighted by Crippen LogP contribution is -2.10. The quantitative estimate of drug-likeness (QED) is 0.681. The summed E-state index contributed by atoms with van der Waals surface area (Å²) in [5, 5.41) is 10.6. The number of nitrogens with zero attached hydrogens (tertiary/aromatic N) is 1. The first kappa shape index (κ1) is 16.4. The molecule has 1 aromatic heterocycles. The summed E-state index contributed by atoms with van der Waals surface area (Å²) in [4.78, 5) is 16.5. The summed E-state index contributed by atoms with van der Waals surface area (Å²) in [6.45, 7) is 3.71. The third-order valence-corrected chi connectivity index (χ3v) is 4.21. The summed E-state index contributed by atoms with van der Waals surface area (Å²) in [5.74, 6) is -1.78. The molecule has 3 nitrogen and oxygen atoms in total. The maximum atomic E-state index is 14.5. The highest BCUT2D eigenvalue weighted by molar-refractivity contribution is 6.37. The Hall–Kier alpha value is -2.46. The van der Waals surface area contributed by atoms with Crippen molar-refractivity contribution in [1.82, 2.24) is 4.98 Å². The first-order valence-electron chi connectivity index (χ1n) is 7.52. The van der Waals surface area contributed by atoms with Crippen molar-refractivity contribution in [3.8, 4) is 11.1 Å². The van der Waals surface area contributed by atoms with Crippen LogP contribution in [-0.2, 0) is 0 Å². The average molecular weight is 344 g/mol. The number of rotatable bonds is 3. The van der Waals surface area contributed by atoms with Crippen molar-refractivity contribution >= 4 is 28.5 Å². The second-order valence-electron chi connectivity index (χ2n) is 5.82. The van der Waals surface area contributed by atoms with Crippen LogP contribution in [-0.4, -0.2) is 16.1 Å². The van der Waals surface area contributed by atoms with Crippen molar-refractivity contribution in [1.29, 1.82) is 0 Å². The number of carboxylic acid groups (broad SMARTS) is 1. The number of fused-ring (bicyclic) bond motifs is 1. The van der Waals surface area contributed by atoms with Gasteiger partial charge >= 0.3 is 5.97 Å². The van der Waals surface area contributed by atoms with E-state index in [4.69, 9.17) is 11.6 Å². The number of hydrogen-bond donors (Lipinski definition) is 1. The highest BCUT2D eigenvalue weighted by atomic mass is 35.5. The molecule has 0 radical (unpaired) electrons. The Morgan fingerprint density at radius 3 is 2.50 bits per heavy atom. The maximum Gasteiger partial charge on any atom is 0.338 e. The normalized spacial score (nSPS) is 11.2. The second kappa shape index (κ2) is 6.21. The van der Waals surface area contributed by atoms with Gasteiger partial charge in [-0.2, -0.15) is 0 Å². The molecule has 0 spiro atoms. The van der Waals surface area contributed by atoms with Gasteiger partial charge in [0.15, 0.2) is 0 Å². The lowest BCUT2D eigenvalue weighted by Gasteiger charge is -2.18. The lowest BCUT2D eigenvalue weighted by molar-refractivity contribution is 0.0695. The van der Waals surface area contributed by atoms with E-state index in [-0.39, 0.29) is 22.6 Å². The summed E-state index contributed by atoms with van der Waals surface area (Å²) < 4.78 is 14.5. The van der Waals surface area contributed by atoms with E-state index in [0.29, 0.717) is 21.6 Å². The zero-order valence-corrected chi connectivity index (χ0v) is 13.9. The van der Waals surface area contributed by atoms with Crippen LogP contribution in [0.4, 0.5) is 4.39 Å². The predicted octanol–water partition coefficient (Wildman–Crippen LogP) is 5.52. The molecule has 122 valence electrons. The summed E-state index contributed by atoms with van der Waals surface area (Å²) >= 11 is 6.32. The molecule has 0 saturated carbocycles. The zero-order valence-electron chi connectivity index (χ0n) is 13.2. The fraction of sp³-hybridized carbons (Fsp3) is 0.158. The van der Waals surface area contributed by atoms with Crippen LogP contribution in [0.25, 0.3) is 22.0 Å². The Labute approximate surface area is 143 Å². The van der Waals surface area contributed by atoms with Crippen LogP contribution in [0.15, 0.2) is 42.5 Å². The third kappa shape index (κ3) is 2.63. The summed E-state index contributed by atoms with van der Waals surface area (Å²) in [6.07, 6.45) is 0. The van der Waals surface area contributed by atoms with Crippen molar-refractivity contribution in [2.45, 2.75) is 19.8 Å². The highest BCUT2D eigenvalue weighted by Crippen LogP contribution is 2.39. The van der Waals surface area contributed by atoms with Crippen LogP contribution < -0.4 is 0 Å². The average Bonchev–Trinajstić information content (AvgIpc) is 2.53. The molecule has 0 aliphatic rings. The number of carbonyl (C=O) groups is 1. The van der Waals surface area contributed by atoms with Gasteiger partial charge in [0.25, 0.3) is 0 Å². The van der Waals surface area contributed by atoms with Gasteiger partial charge in [0.2, 0.25) is 0 Å². The van der Waals surface area contributed by atoms with Crippen molar-refractivity contribution in [3.05, 3.63) is 64.6 Å². The second-order valence-corrected chi connectivity index (χ2v) is 6.23. The largest absolute Gasteiger partial charge is 0.478 e. The van der Waals surface area contributed by atoms with Crippen LogP contribution in [0.1, 0.15) is 35.8 Å². The van der Waals surface area contributed by atoms with Gasteiger partial charge < -0.3 is 5.11 Å². The Kier molecular flexibility index (Phi) is 4.24. The number of hydrogen-bond acceptors (Lipinski definition) is 2. The van der Waals surface area contributed by atoms with Gasteiger partial charge in [-0.05, 0) is 24.1 Å². The van der Waals surface area contributed by atoms with Crippen molar-refractivity contribution < 1.29 is 14.3 Å². The Bertz CT molecular complexity index is 953. The van der Waals surface area contributed by atoms with Crippen LogP contribution >= 0.6 is 11.6 Å². The number of halogens is 2. The number of benzene rings is 2. The molecule has 1 heterocycles. The molecule has 0 aliphatic carbocycles. The summed E-state index contributed by atoms with van der Waals surface area (Å²) in [6, 6.07) is 11.2. The maximum absolute atomic E-state index is 14.5. The first-order chi connectivity index (χ1) is 11.4. The van der Waals surface area contributed by atoms with Crippen LogP contribution in [0, 0.1) is 5.82 Å². The molecule has 24 heavy (non-hydrogen) atoms. The Morgan fingerprint density at radius 1 is 1.17 bits per heavy atom. The molecule has 0 bridgehead atoms. The lowest BCUT2D eigenvalue weighted by atomic mass is 9.90. The fourth-order valence-corrected chi connectivity index (χ4v) is 3.12. The van der Waals surface area contributed by atoms with Gasteiger partial charge in [-0.25, -0.2) is 9.18 Å². The molecule has 0 fully saturated rings. The van der Waals surface area contributed by atoms with E-state index in [1.807, 2.05) is 13.8 Å². The number of aromatic nitrogens is 1. The SMILES string of the molecule is CC(C)c1nc2cccc(Cl)c2c(-c2ccccc2F)c1C(=O)O. The smallest absolute Gasteiger partial charge is 0.338 e. The third-order valence-electron chi connectivity index (χ3n) is 3.89. The number of pyridine rings is 1. The fourth-order valence-electron chi connectivity index (χ4n) is 2.86. The van der Waals surface area contributed by atoms with E-state index in [2.05, 4.69) is 4.98 Å². The summed E-state index contributed by atoms with van der Waals surface area (Å²) in [5.41, 5.74) is 1.44. The van der Waals surface area contributed by atoms with Crippen molar-refractivity contribution in [3.63, 3.8) is 0 Å². The minimum absolute atomic E-state index is 0.00398. The van der Waals surface area contributed by atoms with Crippen LogP contribution in [0.5, 0.6) is 0 Å². The Balaban J connectivity index is 2.59. The number of aromatic carboxylic acids is 1. The van der Waals surface area contributed by atoms with Gasteiger partial charge in [0.05, 0.1) is 21.8 Å². The van der Waals surface area contributed by atoms with Crippen molar-refractivity contribution in [2.75, 3.05) is 0 Å². The van der Waals surface area contributed by atoms with Gasteiger partial charge in [-0.15, -0.1) is 0 Å². The van der Waals surface area contributed by atoms with E-state index in [0.717, 1.165) is 0 Å². The predicted molar refractivity (Wildman–Crippen MR) is 93.2 cm³/mol. The van der Waals surface area contributed by atoms with Gasteiger partial charge in [0, 0.05) is 16.5 Å². The molecule has 0 saturated heterocycles. The topological polar surface area (TPSA) is 50.2 Å².